The Morgan fingerprint density at radius 1 is 0.941 bits per heavy atom. The third-order valence-corrected chi connectivity index (χ3v) is 9.50. The van der Waals surface area contributed by atoms with Crippen LogP contribution in [-0.2, 0) is 29.1 Å². The van der Waals surface area contributed by atoms with Gasteiger partial charge in [0.1, 0.15) is 12.1 Å². The van der Waals surface area contributed by atoms with Gasteiger partial charge in [-0.25, -0.2) is 14.6 Å². The highest BCUT2D eigenvalue weighted by atomic mass is 32.1. The lowest BCUT2D eigenvalue weighted by Crippen LogP contribution is -2.59. The number of urea groups is 1. The van der Waals surface area contributed by atoms with Gasteiger partial charge >= 0.3 is 12.1 Å². The number of aromatic nitrogens is 2. The summed E-state index contributed by atoms with van der Waals surface area (Å²) >= 11 is 1.54. The predicted octanol–water partition coefficient (Wildman–Crippen LogP) is 4.93. The fourth-order valence-electron chi connectivity index (χ4n) is 5.40. The number of alkyl carbamates (subject to hydrolysis) is 1. The maximum absolute atomic E-state index is 14.1. The Kier molecular flexibility index (Phi) is 14.5. The van der Waals surface area contributed by atoms with Gasteiger partial charge in [-0.3, -0.25) is 4.79 Å². The van der Waals surface area contributed by atoms with E-state index in [1.54, 1.807) is 51.2 Å². The van der Waals surface area contributed by atoms with Crippen molar-refractivity contribution < 1.29 is 33.9 Å². The van der Waals surface area contributed by atoms with Crippen molar-refractivity contribution in [3.63, 3.8) is 0 Å². The fraction of sp³-hybridized carbons (Fsp3) is 0.432. The Balaban J connectivity index is 1.56. The Labute approximate surface area is 302 Å². The quantitative estimate of drug-likeness (QED) is 0.101. The number of thiazole rings is 1. The molecular weight excluding hydrogens is 673 g/mol. The van der Waals surface area contributed by atoms with Gasteiger partial charge in [-0.15, -0.1) is 11.3 Å². The molecule has 4 rings (SSSR count). The molecule has 0 aliphatic rings. The number of amides is 4. The summed E-state index contributed by atoms with van der Waals surface area (Å²) in [5, 5.41) is 37.9. The van der Waals surface area contributed by atoms with Gasteiger partial charge in [-0.2, -0.15) is 0 Å². The molecule has 0 saturated heterocycles. The van der Waals surface area contributed by atoms with E-state index in [9.17, 15) is 24.6 Å². The molecule has 5 atom stereocenters. The van der Waals surface area contributed by atoms with Crippen molar-refractivity contribution in [2.45, 2.75) is 89.9 Å². The highest BCUT2D eigenvalue weighted by Crippen LogP contribution is 2.24. The van der Waals surface area contributed by atoms with E-state index in [4.69, 9.17) is 9.26 Å². The maximum Gasteiger partial charge on any atom is 0.407 e. The smallest absolute Gasteiger partial charge is 0.407 e. The van der Waals surface area contributed by atoms with Gasteiger partial charge in [0.2, 0.25) is 5.91 Å². The summed E-state index contributed by atoms with van der Waals surface area (Å²) in [5.41, 5.74) is 2.25. The third kappa shape index (κ3) is 11.6. The molecule has 13 nitrogen and oxygen atoms in total. The molecule has 274 valence electrons. The molecule has 4 amide bonds. The lowest BCUT2D eigenvalue weighted by atomic mass is 9.89. The molecule has 0 radical (unpaired) electrons. The van der Waals surface area contributed by atoms with E-state index < -0.39 is 48.4 Å². The maximum atomic E-state index is 14.1. The molecule has 0 saturated carbocycles. The number of aryl methyl sites for hydroxylation is 1. The van der Waals surface area contributed by atoms with Crippen LogP contribution in [0.5, 0.6) is 0 Å². The van der Waals surface area contributed by atoms with Crippen molar-refractivity contribution in [1.82, 2.24) is 31.0 Å². The molecule has 4 aromatic rings. The van der Waals surface area contributed by atoms with Crippen molar-refractivity contribution in [2.75, 3.05) is 7.05 Å². The molecular formula is C37H48N6O7S. The van der Waals surface area contributed by atoms with E-state index in [-0.39, 0.29) is 31.4 Å². The predicted molar refractivity (Wildman–Crippen MR) is 193 cm³/mol. The normalized spacial score (nSPS) is 14.3. The zero-order valence-corrected chi connectivity index (χ0v) is 30.4. The standard InChI is InChI=1S/C37H48N6O7S/c1-23(2)30(41-36(47)43(5)20-27-22-51-35(39-27)24(3)4)34(46)40-31(26-14-10-7-11-15-26)32(42-37(48)49-21-28-18-19-38-50-28)33(45)29(44)17-16-25-12-8-6-9-13-25/h6-15,18-19,22-24,29-33,44-45H,16-17,20-21H2,1-5H3,(H,40,46)(H,41,47)(H,42,48)/t29?,30-,31?,32?,33?/m0/s1. The van der Waals surface area contributed by atoms with Gasteiger partial charge in [0.05, 0.1) is 41.6 Å². The number of ether oxygens (including phenoxy) is 1. The van der Waals surface area contributed by atoms with Gasteiger partial charge in [0.15, 0.2) is 12.4 Å². The van der Waals surface area contributed by atoms with Crippen LogP contribution in [0.15, 0.2) is 82.8 Å². The first-order valence-corrected chi connectivity index (χ1v) is 17.8. The minimum absolute atomic E-state index is 0.167. The molecule has 5 N–H and O–H groups in total. The van der Waals surface area contributed by atoms with Crippen LogP contribution in [0.4, 0.5) is 9.59 Å². The minimum atomic E-state index is -1.55. The average molecular weight is 721 g/mol. The highest BCUT2D eigenvalue weighted by molar-refractivity contribution is 7.09. The summed E-state index contributed by atoms with van der Waals surface area (Å²) in [4.78, 5) is 46.6. The van der Waals surface area contributed by atoms with Gasteiger partial charge in [-0.05, 0) is 29.9 Å². The first-order chi connectivity index (χ1) is 24.4. The van der Waals surface area contributed by atoms with Crippen molar-refractivity contribution in [2.24, 2.45) is 5.92 Å². The molecule has 14 heteroatoms. The molecule has 0 fully saturated rings. The van der Waals surface area contributed by atoms with Crippen molar-refractivity contribution in [3.05, 3.63) is 106 Å². The summed E-state index contributed by atoms with van der Waals surface area (Å²) in [5.74, 6) is -0.325. The first kappa shape index (κ1) is 39.0. The van der Waals surface area contributed by atoms with Crippen LogP contribution in [0.25, 0.3) is 0 Å². The number of nitrogens with zero attached hydrogens (tertiary/aromatic N) is 3. The van der Waals surface area contributed by atoms with E-state index in [0.717, 1.165) is 16.3 Å². The van der Waals surface area contributed by atoms with Crippen LogP contribution in [-0.4, -0.2) is 74.6 Å². The monoisotopic (exact) mass is 720 g/mol. The van der Waals surface area contributed by atoms with Crippen LogP contribution >= 0.6 is 11.3 Å². The summed E-state index contributed by atoms with van der Waals surface area (Å²) in [6.45, 7) is 7.73. The van der Waals surface area contributed by atoms with Crippen molar-refractivity contribution in [1.29, 1.82) is 0 Å². The SMILES string of the molecule is CC(C)c1nc(CN(C)C(=O)N[C@H](C(=O)NC(c2ccccc2)C(NC(=O)OCc2ccno2)C(O)C(O)CCc2ccccc2)C(C)C)cs1. The molecule has 2 aromatic heterocycles. The number of carbonyl (C=O) groups excluding carboxylic acids is 3. The largest absolute Gasteiger partial charge is 0.441 e. The molecule has 0 aliphatic carbocycles. The lowest BCUT2D eigenvalue weighted by Gasteiger charge is -2.36. The molecule has 4 unspecified atom stereocenters. The Morgan fingerprint density at radius 3 is 2.24 bits per heavy atom. The number of benzene rings is 2. The van der Waals surface area contributed by atoms with E-state index >= 15 is 0 Å². The number of carbonyl (C=O) groups is 3. The van der Waals surface area contributed by atoms with E-state index in [0.29, 0.717) is 17.7 Å². The Hall–Kier alpha value is -4.79. The Bertz CT molecular complexity index is 1650. The zero-order valence-electron chi connectivity index (χ0n) is 29.6. The average Bonchev–Trinajstić information content (AvgIpc) is 3.83. The summed E-state index contributed by atoms with van der Waals surface area (Å²) in [6, 6.07) is 16.0. The number of nitrogens with one attached hydrogen (secondary N) is 3. The van der Waals surface area contributed by atoms with E-state index in [1.165, 1.54) is 28.5 Å². The number of rotatable bonds is 17. The second kappa shape index (κ2) is 19.0. The summed E-state index contributed by atoms with van der Waals surface area (Å²) in [6.07, 6.45) is -1.73. The summed E-state index contributed by atoms with van der Waals surface area (Å²) in [7, 11) is 1.63. The van der Waals surface area contributed by atoms with Crippen LogP contribution in [0.2, 0.25) is 0 Å². The third-order valence-electron chi connectivity index (χ3n) is 8.31. The molecule has 51 heavy (non-hydrogen) atoms. The van der Waals surface area contributed by atoms with E-state index in [1.807, 2.05) is 35.7 Å². The van der Waals surface area contributed by atoms with Crippen LogP contribution in [0.3, 0.4) is 0 Å². The second-order valence-corrected chi connectivity index (χ2v) is 14.0. The summed E-state index contributed by atoms with van der Waals surface area (Å²) < 4.78 is 10.4. The van der Waals surface area contributed by atoms with Crippen LogP contribution in [0.1, 0.15) is 73.7 Å². The van der Waals surface area contributed by atoms with Gasteiger partial charge < -0.3 is 40.3 Å². The van der Waals surface area contributed by atoms with Crippen LogP contribution < -0.4 is 16.0 Å². The second-order valence-electron chi connectivity index (χ2n) is 13.1. The molecule has 2 heterocycles. The number of hydrogen-bond donors (Lipinski definition) is 5. The number of aliphatic hydroxyl groups excluding tert-OH is 2. The lowest BCUT2D eigenvalue weighted by molar-refractivity contribution is -0.125. The zero-order chi connectivity index (χ0) is 36.9. The minimum Gasteiger partial charge on any atom is -0.441 e. The number of aliphatic hydroxyl groups is 2. The van der Waals surface area contributed by atoms with Gasteiger partial charge in [0, 0.05) is 24.4 Å². The van der Waals surface area contributed by atoms with Crippen LogP contribution in [0, 0.1) is 5.92 Å². The Morgan fingerprint density at radius 2 is 1.63 bits per heavy atom. The fourth-order valence-corrected chi connectivity index (χ4v) is 6.23. The molecule has 0 spiro atoms. The number of hydrogen-bond acceptors (Lipinski definition) is 10. The molecule has 0 aliphatic heterocycles. The molecule has 0 bridgehead atoms. The van der Waals surface area contributed by atoms with Crippen molar-refractivity contribution >= 4 is 29.4 Å². The van der Waals surface area contributed by atoms with Gasteiger partial charge in [0.25, 0.3) is 0 Å². The van der Waals surface area contributed by atoms with E-state index in [2.05, 4.69) is 39.9 Å². The molecule has 2 aromatic carbocycles. The highest BCUT2D eigenvalue weighted by Gasteiger charge is 2.38. The first-order valence-electron chi connectivity index (χ1n) is 17.0. The van der Waals surface area contributed by atoms with Gasteiger partial charge in [-0.1, -0.05) is 93.5 Å². The van der Waals surface area contributed by atoms with Crippen molar-refractivity contribution in [3.8, 4) is 0 Å². The topological polar surface area (TPSA) is 179 Å².